The fraction of sp³-hybridized carbons (Fsp3) is 0.412. The van der Waals surface area contributed by atoms with Gasteiger partial charge in [-0.3, -0.25) is 13.9 Å². The largest absolute Gasteiger partial charge is 0.494 e. The van der Waals surface area contributed by atoms with Crippen LogP contribution in [0.1, 0.15) is 57.1 Å². The Morgan fingerprint density at radius 1 is 0.930 bits per heavy atom. The molecule has 1 fully saturated rings. The lowest BCUT2D eigenvalue weighted by Gasteiger charge is -2.33. The van der Waals surface area contributed by atoms with Gasteiger partial charge in [-0.05, 0) is 81.5 Å². The van der Waals surface area contributed by atoms with E-state index in [1.54, 1.807) is 29.2 Å². The number of hydrogen-bond donors (Lipinski definition) is 1. The van der Waals surface area contributed by atoms with Crippen LogP contribution < -0.4 is 14.4 Å². The number of amides is 2. The van der Waals surface area contributed by atoms with E-state index in [1.807, 2.05) is 63.2 Å². The van der Waals surface area contributed by atoms with Crippen molar-refractivity contribution < 1.29 is 22.7 Å². The van der Waals surface area contributed by atoms with Gasteiger partial charge in [0.25, 0.3) is 10.0 Å². The van der Waals surface area contributed by atoms with Gasteiger partial charge in [0.1, 0.15) is 18.3 Å². The van der Waals surface area contributed by atoms with E-state index in [9.17, 15) is 18.0 Å². The Morgan fingerprint density at radius 3 is 2.19 bits per heavy atom. The first-order valence-corrected chi connectivity index (χ1v) is 16.6. The second-order valence-electron chi connectivity index (χ2n) is 11.0. The highest BCUT2D eigenvalue weighted by molar-refractivity contribution is 7.92. The van der Waals surface area contributed by atoms with Gasteiger partial charge >= 0.3 is 0 Å². The molecule has 3 aromatic rings. The fourth-order valence-corrected chi connectivity index (χ4v) is 6.92. The topological polar surface area (TPSA) is 96.0 Å². The number of sulfonamides is 1. The molecule has 0 saturated heterocycles. The van der Waals surface area contributed by atoms with Crippen LogP contribution in [0.15, 0.2) is 83.8 Å². The molecule has 1 N–H and O–H groups in total. The molecule has 3 aromatic carbocycles. The summed E-state index contributed by atoms with van der Waals surface area (Å²) < 4.78 is 34.8. The molecule has 9 heteroatoms. The van der Waals surface area contributed by atoms with Gasteiger partial charge < -0.3 is 15.0 Å². The van der Waals surface area contributed by atoms with Crippen molar-refractivity contribution in [3.8, 4) is 5.75 Å². The number of aryl methyl sites for hydroxylation is 1. The number of carbonyl (C=O) groups excluding carboxylic acids is 2. The van der Waals surface area contributed by atoms with E-state index in [0.29, 0.717) is 30.9 Å². The normalized spacial score (nSPS) is 14.2. The zero-order valence-electron chi connectivity index (χ0n) is 25.4. The standard InChI is InChI=1S/C34H43N3O5S/c1-4-32(34(39)35-28-13-9-10-14-28)36(24-23-27-11-7-6-8-12-27)33(38)25-37(29-17-15-26(3)16-18-29)43(40,41)31-21-19-30(20-22-31)42-5-2/h6-8,11-12,15-22,28,32H,4-5,9-10,13-14,23-25H2,1-3H3,(H,35,39)/t32-/m0/s1. The van der Waals surface area contributed by atoms with Crippen LogP contribution in [0.25, 0.3) is 0 Å². The molecule has 230 valence electrons. The average molecular weight is 606 g/mol. The van der Waals surface area contributed by atoms with E-state index in [2.05, 4.69) is 5.32 Å². The Bertz CT molecular complexity index is 1440. The van der Waals surface area contributed by atoms with Crippen molar-refractivity contribution in [3.63, 3.8) is 0 Å². The summed E-state index contributed by atoms with van der Waals surface area (Å²) in [6.07, 6.45) is 4.97. The summed E-state index contributed by atoms with van der Waals surface area (Å²) in [6, 6.07) is 22.4. The number of anilines is 1. The molecule has 1 atom stereocenters. The number of carbonyl (C=O) groups is 2. The molecule has 0 bridgehead atoms. The monoisotopic (exact) mass is 605 g/mol. The number of rotatable bonds is 14. The zero-order chi connectivity index (χ0) is 30.8. The van der Waals surface area contributed by atoms with Crippen LogP contribution in [-0.2, 0) is 26.0 Å². The van der Waals surface area contributed by atoms with Crippen LogP contribution in [0.2, 0.25) is 0 Å². The van der Waals surface area contributed by atoms with Gasteiger partial charge in [-0.15, -0.1) is 0 Å². The molecule has 0 spiro atoms. The maximum Gasteiger partial charge on any atom is 0.264 e. The first-order valence-electron chi connectivity index (χ1n) is 15.2. The summed E-state index contributed by atoms with van der Waals surface area (Å²) in [4.78, 5) is 29.3. The smallest absolute Gasteiger partial charge is 0.264 e. The van der Waals surface area contributed by atoms with E-state index in [4.69, 9.17) is 4.74 Å². The molecule has 1 aliphatic rings. The van der Waals surface area contributed by atoms with Gasteiger partial charge in [0.05, 0.1) is 17.2 Å². The summed E-state index contributed by atoms with van der Waals surface area (Å²) in [7, 11) is -4.14. The number of nitrogens with one attached hydrogen (secondary N) is 1. The Morgan fingerprint density at radius 2 is 1.58 bits per heavy atom. The molecule has 8 nitrogen and oxygen atoms in total. The van der Waals surface area contributed by atoms with E-state index in [-0.39, 0.29) is 23.4 Å². The van der Waals surface area contributed by atoms with Crippen molar-refractivity contribution in [2.75, 3.05) is 24.0 Å². The molecule has 0 heterocycles. The van der Waals surface area contributed by atoms with Gasteiger partial charge in [0, 0.05) is 12.6 Å². The van der Waals surface area contributed by atoms with Crippen molar-refractivity contribution in [3.05, 3.63) is 90.0 Å². The average Bonchev–Trinajstić information content (AvgIpc) is 3.52. The van der Waals surface area contributed by atoms with Crippen LogP contribution in [0.4, 0.5) is 5.69 Å². The maximum atomic E-state index is 14.2. The fourth-order valence-electron chi connectivity index (χ4n) is 5.50. The van der Waals surface area contributed by atoms with Crippen LogP contribution in [-0.4, -0.2) is 56.9 Å². The van der Waals surface area contributed by atoms with Gasteiger partial charge in [-0.25, -0.2) is 8.42 Å². The lowest BCUT2D eigenvalue weighted by molar-refractivity contribution is -0.139. The lowest BCUT2D eigenvalue weighted by Crippen LogP contribution is -2.54. The number of benzene rings is 3. The highest BCUT2D eigenvalue weighted by atomic mass is 32.2. The van der Waals surface area contributed by atoms with Gasteiger partial charge in [-0.2, -0.15) is 0 Å². The molecule has 1 aliphatic carbocycles. The third kappa shape index (κ3) is 8.38. The Kier molecular flexibility index (Phi) is 11.2. The Hall–Kier alpha value is -3.85. The molecule has 43 heavy (non-hydrogen) atoms. The van der Waals surface area contributed by atoms with E-state index in [0.717, 1.165) is 41.1 Å². The summed E-state index contributed by atoms with van der Waals surface area (Å²) in [6.45, 7) is 5.96. The Labute approximate surface area is 256 Å². The van der Waals surface area contributed by atoms with E-state index >= 15 is 0 Å². The second-order valence-corrected chi connectivity index (χ2v) is 12.9. The molecular formula is C34H43N3O5S. The van der Waals surface area contributed by atoms with Crippen molar-refractivity contribution in [1.29, 1.82) is 0 Å². The Balaban J connectivity index is 1.66. The molecule has 1 saturated carbocycles. The highest BCUT2D eigenvalue weighted by Crippen LogP contribution is 2.26. The van der Waals surface area contributed by atoms with Crippen molar-refractivity contribution >= 4 is 27.5 Å². The van der Waals surface area contributed by atoms with Crippen LogP contribution >= 0.6 is 0 Å². The minimum absolute atomic E-state index is 0.0474. The van der Waals surface area contributed by atoms with Gasteiger partial charge in [0.15, 0.2) is 0 Å². The summed E-state index contributed by atoms with van der Waals surface area (Å²) >= 11 is 0. The predicted molar refractivity (Wildman–Crippen MR) is 170 cm³/mol. The molecule has 0 aromatic heterocycles. The van der Waals surface area contributed by atoms with E-state index < -0.39 is 28.5 Å². The quantitative estimate of drug-likeness (QED) is 0.262. The molecule has 2 amide bonds. The maximum absolute atomic E-state index is 14.2. The van der Waals surface area contributed by atoms with E-state index in [1.165, 1.54) is 12.1 Å². The molecule has 0 unspecified atom stereocenters. The summed E-state index contributed by atoms with van der Waals surface area (Å²) in [5.74, 6) is -0.0583. The first kappa shape index (κ1) is 32.1. The third-order valence-electron chi connectivity index (χ3n) is 7.90. The van der Waals surface area contributed by atoms with Crippen molar-refractivity contribution in [2.45, 2.75) is 76.3 Å². The number of hydrogen-bond acceptors (Lipinski definition) is 5. The minimum atomic E-state index is -4.14. The predicted octanol–water partition coefficient (Wildman–Crippen LogP) is 5.50. The second kappa shape index (κ2) is 15.0. The summed E-state index contributed by atoms with van der Waals surface area (Å²) in [5.41, 5.74) is 2.37. The van der Waals surface area contributed by atoms with Crippen molar-refractivity contribution in [2.24, 2.45) is 0 Å². The summed E-state index contributed by atoms with van der Waals surface area (Å²) in [5, 5.41) is 3.15. The number of nitrogens with zero attached hydrogens (tertiary/aromatic N) is 2. The van der Waals surface area contributed by atoms with Gasteiger partial charge in [0.2, 0.25) is 11.8 Å². The highest BCUT2D eigenvalue weighted by Gasteiger charge is 2.34. The molecule has 0 radical (unpaired) electrons. The number of ether oxygens (including phenoxy) is 1. The third-order valence-corrected chi connectivity index (χ3v) is 9.68. The van der Waals surface area contributed by atoms with Crippen LogP contribution in [0.3, 0.4) is 0 Å². The zero-order valence-corrected chi connectivity index (χ0v) is 26.2. The van der Waals surface area contributed by atoms with Crippen LogP contribution in [0.5, 0.6) is 5.75 Å². The SMILES string of the molecule is CCOc1ccc(S(=O)(=O)N(CC(=O)N(CCc2ccccc2)[C@@H](CC)C(=O)NC2CCCC2)c2ccc(C)cc2)cc1. The molecular weight excluding hydrogens is 562 g/mol. The minimum Gasteiger partial charge on any atom is -0.494 e. The first-order chi connectivity index (χ1) is 20.7. The van der Waals surface area contributed by atoms with Crippen LogP contribution in [0, 0.1) is 6.92 Å². The van der Waals surface area contributed by atoms with Crippen molar-refractivity contribution in [1.82, 2.24) is 10.2 Å². The van der Waals surface area contributed by atoms with Gasteiger partial charge in [-0.1, -0.05) is 67.8 Å². The molecule has 4 rings (SSSR count). The lowest BCUT2D eigenvalue weighted by atomic mass is 10.1. The molecule has 0 aliphatic heterocycles.